The maximum Gasteiger partial charge on any atom is 0.255 e. The number of rotatable bonds is 3. The van der Waals surface area contributed by atoms with E-state index in [9.17, 15) is 9.18 Å². The van der Waals surface area contributed by atoms with Crippen molar-refractivity contribution >= 4 is 34.2 Å². The molecule has 6 nitrogen and oxygen atoms in total. The Labute approximate surface area is 189 Å². The minimum Gasteiger partial charge on any atom is -0.352 e. The molecular formula is C24H19ClFN5O. The van der Waals surface area contributed by atoms with Crippen LogP contribution < -0.4 is 4.90 Å². The van der Waals surface area contributed by atoms with Gasteiger partial charge in [-0.05, 0) is 42.5 Å². The third-order valence-electron chi connectivity index (χ3n) is 5.55. The largest absolute Gasteiger partial charge is 0.352 e. The highest BCUT2D eigenvalue weighted by Gasteiger charge is 2.26. The Morgan fingerprint density at radius 3 is 2.44 bits per heavy atom. The van der Waals surface area contributed by atoms with E-state index in [0.717, 1.165) is 22.3 Å². The molecule has 5 rings (SSSR count). The van der Waals surface area contributed by atoms with Gasteiger partial charge in [0.15, 0.2) is 5.82 Å². The van der Waals surface area contributed by atoms with Crippen LogP contribution in [0.2, 0.25) is 5.02 Å². The summed E-state index contributed by atoms with van der Waals surface area (Å²) in [5.74, 6) is 0.823. The summed E-state index contributed by atoms with van der Waals surface area (Å²) < 4.78 is 13.3. The van der Waals surface area contributed by atoms with Crippen LogP contribution in [-0.4, -0.2) is 51.9 Å². The molecule has 2 aromatic heterocycles. The van der Waals surface area contributed by atoms with Gasteiger partial charge in [-0.1, -0.05) is 23.7 Å². The van der Waals surface area contributed by atoms with Gasteiger partial charge in [0, 0.05) is 49.5 Å². The number of carbonyl (C=O) groups is 1. The molecular weight excluding hydrogens is 429 g/mol. The molecule has 0 N–H and O–H groups in total. The van der Waals surface area contributed by atoms with Crippen molar-refractivity contribution in [3.8, 4) is 11.4 Å². The monoisotopic (exact) mass is 447 g/mol. The second kappa shape index (κ2) is 8.51. The van der Waals surface area contributed by atoms with Crippen LogP contribution in [0.3, 0.4) is 0 Å². The van der Waals surface area contributed by atoms with Crippen molar-refractivity contribution in [1.29, 1.82) is 0 Å². The highest BCUT2D eigenvalue weighted by Crippen LogP contribution is 2.28. The van der Waals surface area contributed by atoms with E-state index in [-0.39, 0.29) is 10.9 Å². The van der Waals surface area contributed by atoms with Crippen LogP contribution in [0, 0.1) is 5.82 Å². The Morgan fingerprint density at radius 2 is 1.69 bits per heavy atom. The molecule has 1 aliphatic rings. The number of piperazine rings is 1. The fourth-order valence-electron chi connectivity index (χ4n) is 3.89. The molecule has 0 aliphatic carbocycles. The van der Waals surface area contributed by atoms with E-state index < -0.39 is 5.82 Å². The highest BCUT2D eigenvalue weighted by molar-refractivity contribution is 6.33. The van der Waals surface area contributed by atoms with Crippen LogP contribution in [-0.2, 0) is 0 Å². The number of carbonyl (C=O) groups excluding carboxylic acids is 1. The number of pyridine rings is 1. The molecule has 0 radical (unpaired) electrons. The van der Waals surface area contributed by atoms with Gasteiger partial charge < -0.3 is 9.80 Å². The molecule has 1 aliphatic heterocycles. The lowest BCUT2D eigenvalue weighted by Gasteiger charge is -2.36. The summed E-state index contributed by atoms with van der Waals surface area (Å²) >= 11 is 6.09. The molecule has 4 aromatic rings. The molecule has 0 saturated carbocycles. The number of nitrogens with zero attached hydrogens (tertiary/aromatic N) is 5. The van der Waals surface area contributed by atoms with Crippen molar-refractivity contribution in [3.05, 3.63) is 83.4 Å². The maximum atomic E-state index is 13.3. The molecule has 1 saturated heterocycles. The molecule has 0 bridgehead atoms. The first-order valence-electron chi connectivity index (χ1n) is 10.3. The zero-order valence-electron chi connectivity index (χ0n) is 17.1. The van der Waals surface area contributed by atoms with Gasteiger partial charge in [-0.15, -0.1) is 0 Å². The Balaban J connectivity index is 1.42. The molecule has 160 valence electrons. The molecule has 1 amide bonds. The predicted octanol–water partition coefficient (Wildman–Crippen LogP) is 4.45. The van der Waals surface area contributed by atoms with E-state index in [1.54, 1.807) is 17.3 Å². The van der Waals surface area contributed by atoms with E-state index in [4.69, 9.17) is 21.6 Å². The van der Waals surface area contributed by atoms with E-state index in [0.29, 0.717) is 37.6 Å². The molecule has 32 heavy (non-hydrogen) atoms. The van der Waals surface area contributed by atoms with Crippen LogP contribution in [0.1, 0.15) is 10.4 Å². The normalized spacial score (nSPS) is 14.1. The number of para-hydroxylation sites is 1. The second-order valence-electron chi connectivity index (χ2n) is 7.53. The maximum absolute atomic E-state index is 13.3. The zero-order valence-corrected chi connectivity index (χ0v) is 17.8. The Hall–Kier alpha value is -3.58. The highest BCUT2D eigenvalue weighted by atomic mass is 35.5. The van der Waals surface area contributed by atoms with Crippen molar-refractivity contribution in [3.63, 3.8) is 0 Å². The average molecular weight is 448 g/mol. The summed E-state index contributed by atoms with van der Waals surface area (Å²) in [6.45, 7) is 2.24. The first-order chi connectivity index (χ1) is 15.6. The first kappa shape index (κ1) is 20.3. The molecule has 1 fully saturated rings. The van der Waals surface area contributed by atoms with Crippen LogP contribution in [0.4, 0.5) is 10.2 Å². The molecule has 8 heteroatoms. The van der Waals surface area contributed by atoms with E-state index in [1.807, 2.05) is 36.4 Å². The van der Waals surface area contributed by atoms with Gasteiger partial charge in [0.05, 0.1) is 16.1 Å². The topological polar surface area (TPSA) is 62.2 Å². The van der Waals surface area contributed by atoms with E-state index >= 15 is 0 Å². The molecule has 3 heterocycles. The van der Waals surface area contributed by atoms with Gasteiger partial charge in [-0.25, -0.2) is 14.4 Å². The lowest BCUT2D eigenvalue weighted by Crippen LogP contribution is -2.49. The minimum atomic E-state index is -0.461. The van der Waals surface area contributed by atoms with Gasteiger partial charge in [0.1, 0.15) is 11.6 Å². The van der Waals surface area contributed by atoms with Gasteiger partial charge in [-0.2, -0.15) is 0 Å². The molecule has 0 spiro atoms. The molecule has 2 aromatic carbocycles. The number of aromatic nitrogens is 3. The summed E-state index contributed by atoms with van der Waals surface area (Å²) in [4.78, 5) is 30.5. The van der Waals surface area contributed by atoms with Gasteiger partial charge in [0.25, 0.3) is 5.91 Å². The summed E-state index contributed by atoms with van der Waals surface area (Å²) in [6, 6.07) is 15.5. The molecule has 0 atom stereocenters. The van der Waals surface area contributed by atoms with Crippen molar-refractivity contribution in [2.45, 2.75) is 0 Å². The van der Waals surface area contributed by atoms with Gasteiger partial charge >= 0.3 is 0 Å². The van der Waals surface area contributed by atoms with Crippen molar-refractivity contribution in [1.82, 2.24) is 19.9 Å². The summed E-state index contributed by atoms with van der Waals surface area (Å²) in [6.07, 6.45) is 3.44. The second-order valence-corrected chi connectivity index (χ2v) is 7.93. The van der Waals surface area contributed by atoms with Crippen molar-refractivity contribution in [2.24, 2.45) is 0 Å². The van der Waals surface area contributed by atoms with Crippen LogP contribution in [0.25, 0.3) is 22.3 Å². The minimum absolute atomic E-state index is 0.126. The average Bonchev–Trinajstić information content (AvgIpc) is 2.84. The zero-order chi connectivity index (χ0) is 22.1. The number of fused-ring (bicyclic) bond motifs is 1. The third kappa shape index (κ3) is 3.87. The van der Waals surface area contributed by atoms with E-state index in [1.165, 1.54) is 18.2 Å². The number of benzene rings is 2. The quantitative estimate of drug-likeness (QED) is 0.464. The number of halogens is 2. The fourth-order valence-corrected chi connectivity index (χ4v) is 4.13. The number of hydrogen-bond acceptors (Lipinski definition) is 5. The standard InChI is InChI=1S/C24H19ClFN5O/c25-20-15-17(26)5-6-18(20)24(32)31-13-11-30(12-14-31)23-19-3-1-2-4-21(19)28-22(29-23)16-7-9-27-10-8-16/h1-10,15H,11-14H2. The smallest absolute Gasteiger partial charge is 0.255 e. The number of anilines is 1. The van der Waals surface area contributed by atoms with Crippen LogP contribution in [0.5, 0.6) is 0 Å². The fraction of sp³-hybridized carbons (Fsp3) is 0.167. The summed E-state index contributed by atoms with van der Waals surface area (Å²) in [7, 11) is 0. The lowest BCUT2D eigenvalue weighted by molar-refractivity contribution is 0.0746. The predicted molar refractivity (Wildman–Crippen MR) is 122 cm³/mol. The number of amides is 1. The van der Waals surface area contributed by atoms with Crippen molar-refractivity contribution in [2.75, 3.05) is 31.1 Å². The third-order valence-corrected chi connectivity index (χ3v) is 5.86. The molecule has 0 unspecified atom stereocenters. The first-order valence-corrected chi connectivity index (χ1v) is 10.6. The van der Waals surface area contributed by atoms with Crippen LogP contribution in [0.15, 0.2) is 67.0 Å². The lowest BCUT2D eigenvalue weighted by atomic mass is 10.1. The Morgan fingerprint density at radius 1 is 0.938 bits per heavy atom. The Kier molecular flexibility index (Phi) is 5.41. The van der Waals surface area contributed by atoms with Crippen molar-refractivity contribution < 1.29 is 9.18 Å². The van der Waals surface area contributed by atoms with E-state index in [2.05, 4.69) is 9.88 Å². The number of hydrogen-bond donors (Lipinski definition) is 0. The Bertz CT molecular complexity index is 1290. The summed E-state index contributed by atoms with van der Waals surface area (Å²) in [5, 5.41) is 1.09. The van der Waals surface area contributed by atoms with Gasteiger partial charge in [0.2, 0.25) is 0 Å². The van der Waals surface area contributed by atoms with Gasteiger partial charge in [-0.3, -0.25) is 9.78 Å². The summed E-state index contributed by atoms with van der Waals surface area (Å²) in [5.41, 5.74) is 2.07. The van der Waals surface area contributed by atoms with Crippen LogP contribution >= 0.6 is 11.6 Å². The SMILES string of the molecule is O=C(c1ccc(F)cc1Cl)N1CCN(c2nc(-c3ccncc3)nc3ccccc23)CC1.